The summed E-state index contributed by atoms with van der Waals surface area (Å²) in [6, 6.07) is 2.02. The molecule has 3 rings (SSSR count). The van der Waals surface area contributed by atoms with E-state index >= 15 is 0 Å². The third kappa shape index (κ3) is 1.29. The number of aromatic amines is 1. The summed E-state index contributed by atoms with van der Waals surface area (Å²) in [7, 11) is 1.92. The van der Waals surface area contributed by atoms with Gasteiger partial charge in [0.05, 0.1) is 11.3 Å². The minimum atomic E-state index is 0.893. The van der Waals surface area contributed by atoms with E-state index in [0.29, 0.717) is 0 Å². The fourth-order valence-electron chi connectivity index (χ4n) is 1.80. The molecular formula is C11H10N4S. The maximum Gasteiger partial charge on any atom is 0.139 e. The summed E-state index contributed by atoms with van der Waals surface area (Å²) < 4.78 is 0. The summed E-state index contributed by atoms with van der Waals surface area (Å²) in [6.45, 7) is 0. The molecule has 16 heavy (non-hydrogen) atoms. The lowest BCUT2D eigenvalue weighted by Crippen LogP contribution is -1.94. The van der Waals surface area contributed by atoms with Crippen molar-refractivity contribution in [2.24, 2.45) is 0 Å². The summed E-state index contributed by atoms with van der Waals surface area (Å²) in [5, 5.41) is 7.27. The van der Waals surface area contributed by atoms with Gasteiger partial charge in [-0.2, -0.15) is 0 Å². The number of H-pyrrole nitrogens is 1. The maximum atomic E-state index is 4.38. The van der Waals surface area contributed by atoms with Gasteiger partial charge in [0.1, 0.15) is 10.7 Å². The van der Waals surface area contributed by atoms with E-state index < -0.39 is 0 Å². The van der Waals surface area contributed by atoms with Crippen LogP contribution in [0.2, 0.25) is 0 Å². The van der Waals surface area contributed by atoms with Crippen molar-refractivity contribution in [3.63, 3.8) is 0 Å². The van der Waals surface area contributed by atoms with Crippen molar-refractivity contribution in [2.45, 2.75) is 0 Å². The zero-order valence-corrected chi connectivity index (χ0v) is 9.51. The summed E-state index contributed by atoms with van der Waals surface area (Å²) in [5.41, 5.74) is 3.01. The van der Waals surface area contributed by atoms with Crippen LogP contribution in [0.1, 0.15) is 0 Å². The van der Waals surface area contributed by atoms with Gasteiger partial charge < -0.3 is 10.3 Å². The molecule has 3 heterocycles. The number of rotatable bonds is 2. The van der Waals surface area contributed by atoms with E-state index in [2.05, 4.69) is 20.3 Å². The minimum Gasteiger partial charge on any atom is -0.387 e. The van der Waals surface area contributed by atoms with E-state index in [0.717, 1.165) is 27.3 Å². The first-order valence-electron chi connectivity index (χ1n) is 4.94. The smallest absolute Gasteiger partial charge is 0.139 e. The van der Waals surface area contributed by atoms with Gasteiger partial charge in [0, 0.05) is 36.4 Å². The van der Waals surface area contributed by atoms with Gasteiger partial charge in [-0.15, -0.1) is 11.3 Å². The first-order chi connectivity index (χ1) is 7.90. The Morgan fingerprint density at radius 2 is 2.31 bits per heavy atom. The Morgan fingerprint density at radius 3 is 3.06 bits per heavy atom. The molecule has 0 saturated carbocycles. The van der Waals surface area contributed by atoms with Crippen LogP contribution in [0.25, 0.3) is 21.6 Å². The molecule has 0 fully saturated rings. The summed E-state index contributed by atoms with van der Waals surface area (Å²) >= 11 is 1.62. The first kappa shape index (κ1) is 9.35. The molecule has 80 valence electrons. The Kier molecular flexibility index (Phi) is 2.11. The zero-order chi connectivity index (χ0) is 11.0. The van der Waals surface area contributed by atoms with Crippen molar-refractivity contribution in [1.29, 1.82) is 0 Å². The molecule has 2 N–H and O–H groups in total. The molecule has 0 aliphatic rings. The van der Waals surface area contributed by atoms with E-state index in [1.54, 1.807) is 17.5 Å². The van der Waals surface area contributed by atoms with Crippen molar-refractivity contribution >= 4 is 28.1 Å². The van der Waals surface area contributed by atoms with Crippen LogP contribution < -0.4 is 5.32 Å². The van der Waals surface area contributed by atoms with Gasteiger partial charge in [-0.3, -0.25) is 0 Å². The molecule has 0 spiro atoms. The lowest BCUT2D eigenvalue weighted by Gasteiger charge is -2.07. The highest BCUT2D eigenvalue weighted by molar-refractivity contribution is 7.13. The SMILES string of the molecule is CNc1c(-c2nccs2)cnc2[nH]ccc12. The van der Waals surface area contributed by atoms with Crippen molar-refractivity contribution in [2.75, 3.05) is 12.4 Å². The van der Waals surface area contributed by atoms with Crippen LogP contribution in [-0.4, -0.2) is 22.0 Å². The highest BCUT2D eigenvalue weighted by Crippen LogP contribution is 2.33. The number of pyridine rings is 1. The lowest BCUT2D eigenvalue weighted by atomic mass is 10.2. The molecule has 0 saturated heterocycles. The monoisotopic (exact) mass is 230 g/mol. The lowest BCUT2D eigenvalue weighted by molar-refractivity contribution is 1.31. The normalized spacial score (nSPS) is 10.8. The van der Waals surface area contributed by atoms with Crippen LogP contribution in [-0.2, 0) is 0 Å². The predicted octanol–water partition coefficient (Wildman–Crippen LogP) is 2.73. The van der Waals surface area contributed by atoms with Gasteiger partial charge in [-0.1, -0.05) is 0 Å². The van der Waals surface area contributed by atoms with E-state index in [9.17, 15) is 0 Å². The second-order valence-corrected chi connectivity index (χ2v) is 4.27. The maximum absolute atomic E-state index is 4.38. The third-order valence-electron chi connectivity index (χ3n) is 2.50. The zero-order valence-electron chi connectivity index (χ0n) is 8.69. The van der Waals surface area contributed by atoms with Crippen LogP contribution in [0.15, 0.2) is 30.0 Å². The van der Waals surface area contributed by atoms with Crippen molar-refractivity contribution < 1.29 is 0 Å². The molecule has 0 unspecified atom stereocenters. The van der Waals surface area contributed by atoms with E-state index in [4.69, 9.17) is 0 Å². The second kappa shape index (κ2) is 3.61. The average molecular weight is 230 g/mol. The van der Waals surface area contributed by atoms with Crippen molar-refractivity contribution in [1.82, 2.24) is 15.0 Å². The Bertz CT molecular complexity index is 612. The van der Waals surface area contributed by atoms with Crippen LogP contribution in [0.3, 0.4) is 0 Å². The average Bonchev–Trinajstić information content (AvgIpc) is 2.97. The molecule has 0 amide bonds. The third-order valence-corrected chi connectivity index (χ3v) is 3.31. The number of hydrogen-bond donors (Lipinski definition) is 2. The Hall–Kier alpha value is -1.88. The van der Waals surface area contributed by atoms with Gasteiger partial charge in [-0.05, 0) is 6.07 Å². The summed E-state index contributed by atoms with van der Waals surface area (Å²) in [4.78, 5) is 11.8. The fourth-order valence-corrected chi connectivity index (χ4v) is 2.45. The van der Waals surface area contributed by atoms with Crippen molar-refractivity contribution in [3.8, 4) is 10.6 Å². The van der Waals surface area contributed by atoms with Crippen LogP contribution in [0, 0.1) is 0 Å². The Morgan fingerprint density at radius 1 is 1.38 bits per heavy atom. The topological polar surface area (TPSA) is 53.6 Å². The van der Waals surface area contributed by atoms with Crippen LogP contribution >= 0.6 is 11.3 Å². The van der Waals surface area contributed by atoms with Gasteiger partial charge in [-0.25, -0.2) is 9.97 Å². The number of nitrogens with one attached hydrogen (secondary N) is 2. The highest BCUT2D eigenvalue weighted by Gasteiger charge is 2.11. The molecule has 5 heteroatoms. The summed E-state index contributed by atoms with van der Waals surface area (Å²) in [5.74, 6) is 0. The molecule has 3 aromatic heterocycles. The number of fused-ring (bicyclic) bond motifs is 1. The molecular weight excluding hydrogens is 220 g/mol. The minimum absolute atomic E-state index is 0.893. The number of hydrogen-bond acceptors (Lipinski definition) is 4. The molecule has 0 aliphatic heterocycles. The van der Waals surface area contributed by atoms with Crippen LogP contribution in [0.5, 0.6) is 0 Å². The van der Waals surface area contributed by atoms with Gasteiger partial charge in [0.15, 0.2) is 0 Å². The molecule has 0 radical (unpaired) electrons. The Labute approximate surface area is 96.4 Å². The number of anilines is 1. The largest absolute Gasteiger partial charge is 0.387 e. The van der Waals surface area contributed by atoms with E-state index in [-0.39, 0.29) is 0 Å². The Balaban J connectivity index is 2.32. The first-order valence-corrected chi connectivity index (χ1v) is 5.82. The second-order valence-electron chi connectivity index (χ2n) is 3.37. The predicted molar refractivity (Wildman–Crippen MR) is 66.7 cm³/mol. The fraction of sp³-hybridized carbons (Fsp3) is 0.0909. The number of thiazole rings is 1. The quantitative estimate of drug-likeness (QED) is 0.711. The van der Waals surface area contributed by atoms with Gasteiger partial charge >= 0.3 is 0 Å². The molecule has 0 aliphatic carbocycles. The standard InChI is InChI=1S/C11H10N4S/c1-12-9-7-2-3-13-10(7)15-6-8(9)11-14-4-5-16-11/h2-6H,1H3,(H2,12,13,15). The molecule has 0 bridgehead atoms. The van der Waals surface area contributed by atoms with E-state index in [1.807, 2.05) is 30.9 Å². The van der Waals surface area contributed by atoms with Crippen LogP contribution in [0.4, 0.5) is 5.69 Å². The van der Waals surface area contributed by atoms with Gasteiger partial charge in [0.25, 0.3) is 0 Å². The van der Waals surface area contributed by atoms with E-state index in [1.165, 1.54) is 0 Å². The number of aromatic nitrogens is 3. The number of nitrogens with zero attached hydrogens (tertiary/aromatic N) is 2. The summed E-state index contributed by atoms with van der Waals surface area (Å²) in [6.07, 6.45) is 5.55. The molecule has 0 atom stereocenters. The molecule has 3 aromatic rings. The molecule has 4 nitrogen and oxygen atoms in total. The van der Waals surface area contributed by atoms with Gasteiger partial charge in [0.2, 0.25) is 0 Å². The van der Waals surface area contributed by atoms with Crippen molar-refractivity contribution in [3.05, 3.63) is 30.0 Å². The molecule has 0 aromatic carbocycles. The highest BCUT2D eigenvalue weighted by atomic mass is 32.1.